The van der Waals surface area contributed by atoms with Gasteiger partial charge in [-0.25, -0.2) is 4.79 Å². The van der Waals surface area contributed by atoms with Gasteiger partial charge in [-0.1, -0.05) is 12.1 Å². The number of para-hydroxylation sites is 1. The zero-order valence-electron chi connectivity index (χ0n) is 11.9. The molecular weight excluding hydrogens is 272 g/mol. The van der Waals surface area contributed by atoms with Crippen molar-refractivity contribution in [1.29, 1.82) is 0 Å². The zero-order chi connectivity index (χ0) is 15.6. The van der Waals surface area contributed by atoms with Gasteiger partial charge in [-0.3, -0.25) is 9.59 Å². The maximum atomic E-state index is 12.1. The van der Waals surface area contributed by atoms with Crippen molar-refractivity contribution in [2.75, 3.05) is 13.6 Å². The first-order chi connectivity index (χ1) is 9.95. The Balaban J connectivity index is 2.62. The lowest BCUT2D eigenvalue weighted by Crippen LogP contribution is -2.31. The van der Waals surface area contributed by atoms with E-state index in [1.165, 1.54) is 15.7 Å². The third kappa shape index (κ3) is 2.79. The maximum absolute atomic E-state index is 12.1. The van der Waals surface area contributed by atoms with Gasteiger partial charge < -0.3 is 14.6 Å². The van der Waals surface area contributed by atoms with Crippen molar-refractivity contribution < 1.29 is 14.7 Å². The van der Waals surface area contributed by atoms with Crippen molar-refractivity contribution in [2.45, 2.75) is 13.5 Å². The smallest absolute Gasteiger partial charge is 0.341 e. The van der Waals surface area contributed by atoms with E-state index in [1.807, 2.05) is 6.92 Å². The van der Waals surface area contributed by atoms with Crippen LogP contribution in [0.1, 0.15) is 17.3 Å². The number of aromatic nitrogens is 1. The van der Waals surface area contributed by atoms with E-state index >= 15 is 0 Å². The molecule has 2 aromatic rings. The molecular formula is C15H16N2O4. The number of fused-ring (bicyclic) bond motifs is 1. The summed E-state index contributed by atoms with van der Waals surface area (Å²) in [6, 6.07) is 6.67. The van der Waals surface area contributed by atoms with E-state index in [2.05, 4.69) is 0 Å². The summed E-state index contributed by atoms with van der Waals surface area (Å²) in [6.45, 7) is 2.40. The molecule has 0 aliphatic heterocycles. The SMILES string of the molecule is CCN(C)C(=O)Cn1cc(C(=O)O)c(=O)c2ccccc21. The standard InChI is InChI=1S/C15H16N2O4/c1-3-16(2)13(18)9-17-8-11(15(20)21)14(19)10-6-4-5-7-12(10)17/h4-8H,3,9H2,1-2H3,(H,20,21). The number of hydrogen-bond donors (Lipinski definition) is 1. The monoisotopic (exact) mass is 288 g/mol. The number of rotatable bonds is 4. The highest BCUT2D eigenvalue weighted by Crippen LogP contribution is 2.12. The van der Waals surface area contributed by atoms with Crippen LogP contribution in [-0.4, -0.2) is 40.0 Å². The average Bonchev–Trinajstić information content (AvgIpc) is 2.48. The zero-order valence-corrected chi connectivity index (χ0v) is 11.9. The Bertz CT molecular complexity index is 764. The first kappa shape index (κ1) is 14.8. The van der Waals surface area contributed by atoms with Crippen molar-refractivity contribution in [1.82, 2.24) is 9.47 Å². The summed E-state index contributed by atoms with van der Waals surface area (Å²) in [5.74, 6) is -1.45. The highest BCUT2D eigenvalue weighted by atomic mass is 16.4. The lowest BCUT2D eigenvalue weighted by atomic mass is 10.1. The highest BCUT2D eigenvalue weighted by Gasteiger charge is 2.16. The lowest BCUT2D eigenvalue weighted by Gasteiger charge is -2.17. The first-order valence-corrected chi connectivity index (χ1v) is 6.55. The Labute approximate surface area is 121 Å². The topological polar surface area (TPSA) is 79.6 Å². The molecule has 110 valence electrons. The second-order valence-corrected chi connectivity index (χ2v) is 4.73. The summed E-state index contributed by atoms with van der Waals surface area (Å²) in [5, 5.41) is 9.43. The van der Waals surface area contributed by atoms with Gasteiger partial charge >= 0.3 is 5.97 Å². The molecule has 0 atom stereocenters. The quantitative estimate of drug-likeness (QED) is 0.916. The van der Waals surface area contributed by atoms with Crippen LogP contribution in [0, 0.1) is 0 Å². The second-order valence-electron chi connectivity index (χ2n) is 4.73. The van der Waals surface area contributed by atoms with Crippen molar-refractivity contribution in [3.05, 3.63) is 46.2 Å². The van der Waals surface area contributed by atoms with Gasteiger partial charge in [-0.15, -0.1) is 0 Å². The van der Waals surface area contributed by atoms with Crippen LogP contribution in [0.25, 0.3) is 10.9 Å². The van der Waals surface area contributed by atoms with Gasteiger partial charge in [0.15, 0.2) is 0 Å². The minimum Gasteiger partial charge on any atom is -0.477 e. The number of carboxylic acids is 1. The molecule has 2 rings (SSSR count). The molecule has 1 aromatic heterocycles. The van der Waals surface area contributed by atoms with Crippen LogP contribution in [0.4, 0.5) is 0 Å². The third-order valence-corrected chi connectivity index (χ3v) is 3.42. The van der Waals surface area contributed by atoms with E-state index in [-0.39, 0.29) is 18.0 Å². The molecule has 0 fully saturated rings. The summed E-state index contributed by atoms with van der Waals surface area (Å²) in [6.07, 6.45) is 1.23. The fourth-order valence-corrected chi connectivity index (χ4v) is 2.07. The molecule has 0 bridgehead atoms. The van der Waals surface area contributed by atoms with Crippen molar-refractivity contribution >= 4 is 22.8 Å². The minimum atomic E-state index is -1.30. The van der Waals surface area contributed by atoms with Crippen LogP contribution < -0.4 is 5.43 Å². The van der Waals surface area contributed by atoms with E-state index in [9.17, 15) is 14.4 Å². The molecule has 6 nitrogen and oxygen atoms in total. The van der Waals surface area contributed by atoms with Gasteiger partial charge in [0, 0.05) is 25.2 Å². The third-order valence-electron chi connectivity index (χ3n) is 3.42. The van der Waals surface area contributed by atoms with Gasteiger partial charge in [-0.2, -0.15) is 0 Å². The minimum absolute atomic E-state index is 0.00852. The molecule has 1 amide bonds. The first-order valence-electron chi connectivity index (χ1n) is 6.55. The number of hydrogen-bond acceptors (Lipinski definition) is 3. The summed E-state index contributed by atoms with van der Waals surface area (Å²) in [5.41, 5.74) is -0.323. The summed E-state index contributed by atoms with van der Waals surface area (Å²) < 4.78 is 1.51. The fraction of sp³-hybridized carbons (Fsp3) is 0.267. The molecule has 1 aromatic carbocycles. The normalized spacial score (nSPS) is 10.6. The number of pyridine rings is 1. The van der Waals surface area contributed by atoms with E-state index in [0.29, 0.717) is 17.4 Å². The number of carbonyl (C=O) groups excluding carboxylic acids is 1. The Morgan fingerprint density at radius 1 is 1.29 bits per heavy atom. The number of carboxylic acid groups (broad SMARTS) is 1. The number of carbonyl (C=O) groups is 2. The molecule has 0 radical (unpaired) electrons. The van der Waals surface area contributed by atoms with Crippen LogP contribution in [-0.2, 0) is 11.3 Å². The van der Waals surface area contributed by atoms with E-state index in [4.69, 9.17) is 5.11 Å². The van der Waals surface area contributed by atoms with Crippen LogP contribution in [0.5, 0.6) is 0 Å². The average molecular weight is 288 g/mol. The lowest BCUT2D eigenvalue weighted by molar-refractivity contribution is -0.130. The Hall–Kier alpha value is -2.63. The van der Waals surface area contributed by atoms with Gasteiger partial charge in [0.1, 0.15) is 12.1 Å². The molecule has 1 N–H and O–H groups in total. The van der Waals surface area contributed by atoms with Gasteiger partial charge in [0.2, 0.25) is 11.3 Å². The molecule has 0 aliphatic rings. The molecule has 0 unspecified atom stereocenters. The van der Waals surface area contributed by atoms with E-state index < -0.39 is 11.4 Å². The largest absolute Gasteiger partial charge is 0.477 e. The molecule has 0 aliphatic carbocycles. The number of nitrogens with zero attached hydrogens (tertiary/aromatic N) is 2. The van der Waals surface area contributed by atoms with Gasteiger partial charge in [-0.05, 0) is 19.1 Å². The van der Waals surface area contributed by atoms with Crippen LogP contribution >= 0.6 is 0 Å². The Morgan fingerprint density at radius 2 is 1.95 bits per heavy atom. The number of benzene rings is 1. The number of amides is 1. The van der Waals surface area contributed by atoms with E-state index in [0.717, 1.165) is 0 Å². The van der Waals surface area contributed by atoms with E-state index in [1.54, 1.807) is 31.3 Å². The van der Waals surface area contributed by atoms with Crippen LogP contribution in [0.2, 0.25) is 0 Å². The summed E-state index contributed by atoms with van der Waals surface area (Å²) >= 11 is 0. The Morgan fingerprint density at radius 3 is 2.57 bits per heavy atom. The van der Waals surface area contributed by atoms with Gasteiger partial charge in [0.25, 0.3) is 0 Å². The van der Waals surface area contributed by atoms with Crippen molar-refractivity contribution in [2.24, 2.45) is 0 Å². The summed E-state index contributed by atoms with van der Waals surface area (Å²) in [4.78, 5) is 36.9. The van der Waals surface area contributed by atoms with Crippen molar-refractivity contribution in [3.8, 4) is 0 Å². The predicted molar refractivity (Wildman–Crippen MR) is 78.5 cm³/mol. The number of likely N-dealkylation sites (N-methyl/N-ethyl adjacent to an activating group) is 1. The molecule has 0 spiro atoms. The highest BCUT2D eigenvalue weighted by molar-refractivity contribution is 5.93. The maximum Gasteiger partial charge on any atom is 0.341 e. The molecule has 6 heteroatoms. The Kier molecular flexibility index (Phi) is 4.07. The van der Waals surface area contributed by atoms with Crippen molar-refractivity contribution in [3.63, 3.8) is 0 Å². The molecule has 21 heavy (non-hydrogen) atoms. The molecule has 0 saturated heterocycles. The van der Waals surface area contributed by atoms with Crippen LogP contribution in [0.15, 0.2) is 35.3 Å². The number of aromatic carboxylic acids is 1. The second kappa shape index (κ2) is 5.78. The van der Waals surface area contributed by atoms with Crippen LogP contribution in [0.3, 0.4) is 0 Å². The van der Waals surface area contributed by atoms with Gasteiger partial charge in [0.05, 0.1) is 5.52 Å². The molecule has 0 saturated carbocycles. The molecule has 1 heterocycles. The fourth-order valence-electron chi connectivity index (χ4n) is 2.07. The predicted octanol–water partition coefficient (Wildman–Crippen LogP) is 1.18. The summed E-state index contributed by atoms with van der Waals surface area (Å²) in [7, 11) is 1.67.